The molecule has 3 atom stereocenters. The molecule has 68 valence electrons. The molecule has 3 heteroatoms. The summed E-state index contributed by atoms with van der Waals surface area (Å²) in [5, 5.41) is 0. The maximum atomic E-state index is 11.3. The lowest BCUT2D eigenvalue weighted by Crippen LogP contribution is -2.25. The lowest BCUT2D eigenvalue weighted by molar-refractivity contribution is 0.613. The van der Waals surface area contributed by atoms with E-state index in [1.165, 1.54) is 0 Å². The van der Waals surface area contributed by atoms with Crippen LogP contribution in [0.3, 0.4) is 0 Å². The largest absolute Gasteiger partial charge is 0.327 e. The molecule has 0 aromatic heterocycles. The molecule has 2 N–H and O–H groups in total. The Bertz CT molecular complexity index is 125. The van der Waals surface area contributed by atoms with Crippen LogP contribution in [0.25, 0.3) is 0 Å². The molecule has 0 saturated carbocycles. The van der Waals surface area contributed by atoms with E-state index in [0.717, 1.165) is 12.2 Å². The van der Waals surface area contributed by atoms with Gasteiger partial charge in [0.15, 0.2) is 0 Å². The molecular formula is C8H19NOS. The predicted octanol–water partition coefficient (Wildman–Crippen LogP) is 1.13. The van der Waals surface area contributed by atoms with E-state index in [1.807, 2.05) is 6.92 Å². The molecule has 0 rings (SSSR count). The Morgan fingerprint density at radius 2 is 1.91 bits per heavy atom. The van der Waals surface area contributed by atoms with Crippen LogP contribution in [-0.4, -0.2) is 21.8 Å². The van der Waals surface area contributed by atoms with Crippen LogP contribution in [0.5, 0.6) is 0 Å². The maximum absolute atomic E-state index is 11.3. The molecule has 0 spiro atoms. The Balaban J connectivity index is 3.52. The molecule has 0 aliphatic carbocycles. The molecule has 2 nitrogen and oxygen atoms in total. The summed E-state index contributed by atoms with van der Waals surface area (Å²) in [7, 11) is -0.705. The Kier molecular flexibility index (Phi) is 5.78. The highest BCUT2D eigenvalue weighted by atomic mass is 32.2. The van der Waals surface area contributed by atoms with E-state index in [2.05, 4.69) is 13.8 Å². The lowest BCUT2D eigenvalue weighted by atomic mass is 10.2. The molecule has 3 unspecified atom stereocenters. The summed E-state index contributed by atoms with van der Waals surface area (Å²) in [5.74, 6) is 2.01. The minimum Gasteiger partial charge on any atom is -0.327 e. The molecule has 0 aliphatic heterocycles. The van der Waals surface area contributed by atoms with Gasteiger partial charge in [-0.1, -0.05) is 20.3 Å². The first kappa shape index (κ1) is 11.1. The third-order valence-electron chi connectivity index (χ3n) is 1.62. The average Bonchev–Trinajstić information content (AvgIpc) is 1.85. The molecule has 0 radical (unpaired) electrons. The van der Waals surface area contributed by atoms with Gasteiger partial charge >= 0.3 is 0 Å². The van der Waals surface area contributed by atoms with Crippen molar-refractivity contribution < 1.29 is 4.21 Å². The zero-order chi connectivity index (χ0) is 8.85. The second-order valence-electron chi connectivity index (χ2n) is 3.26. The fraction of sp³-hybridized carbons (Fsp3) is 1.00. The van der Waals surface area contributed by atoms with Crippen LogP contribution in [0.15, 0.2) is 0 Å². The van der Waals surface area contributed by atoms with Crippen LogP contribution in [0.2, 0.25) is 0 Å². The van der Waals surface area contributed by atoms with E-state index in [0.29, 0.717) is 11.7 Å². The Labute approximate surface area is 72.0 Å². The van der Waals surface area contributed by atoms with Gasteiger partial charge in [0.2, 0.25) is 0 Å². The minimum absolute atomic E-state index is 0.0693. The molecule has 0 saturated heterocycles. The van der Waals surface area contributed by atoms with E-state index in [1.54, 1.807) is 0 Å². The lowest BCUT2D eigenvalue weighted by Gasteiger charge is -2.09. The molecule has 11 heavy (non-hydrogen) atoms. The summed E-state index contributed by atoms with van der Waals surface area (Å²) < 4.78 is 11.3. The summed E-state index contributed by atoms with van der Waals surface area (Å²) in [6, 6.07) is 0.0693. The molecular weight excluding hydrogens is 158 g/mol. The summed E-state index contributed by atoms with van der Waals surface area (Å²) in [6.07, 6.45) is 1.10. The number of rotatable bonds is 5. The van der Waals surface area contributed by atoms with Crippen LogP contribution < -0.4 is 5.73 Å². The van der Waals surface area contributed by atoms with Crippen molar-refractivity contribution in [2.24, 2.45) is 11.7 Å². The zero-order valence-corrected chi connectivity index (χ0v) is 8.49. The molecule has 0 aliphatic rings. The second kappa shape index (κ2) is 5.72. The summed E-state index contributed by atoms with van der Waals surface area (Å²) in [6.45, 7) is 6.14. The van der Waals surface area contributed by atoms with Crippen molar-refractivity contribution >= 4 is 10.8 Å². The van der Waals surface area contributed by atoms with Crippen molar-refractivity contribution in [3.63, 3.8) is 0 Å². The Hall–Kier alpha value is 0.110. The molecule has 0 aromatic rings. The highest BCUT2D eigenvalue weighted by Crippen LogP contribution is 2.03. The van der Waals surface area contributed by atoms with Gasteiger partial charge < -0.3 is 5.73 Å². The standard InChI is InChI=1S/C8H19NOS/c1-4-7(2)5-11(10)6-8(3)9/h7-8H,4-6,9H2,1-3H3. The maximum Gasteiger partial charge on any atom is 0.0384 e. The molecule has 0 bridgehead atoms. The first-order chi connectivity index (χ1) is 5.06. The van der Waals surface area contributed by atoms with E-state index in [4.69, 9.17) is 5.73 Å². The van der Waals surface area contributed by atoms with Crippen LogP contribution in [0.4, 0.5) is 0 Å². The van der Waals surface area contributed by atoms with Gasteiger partial charge in [0.25, 0.3) is 0 Å². The Morgan fingerprint density at radius 3 is 2.27 bits per heavy atom. The second-order valence-corrected chi connectivity index (χ2v) is 4.81. The molecule has 0 fully saturated rings. The van der Waals surface area contributed by atoms with Gasteiger partial charge in [-0.25, -0.2) is 0 Å². The van der Waals surface area contributed by atoms with Gasteiger partial charge in [0.1, 0.15) is 0 Å². The van der Waals surface area contributed by atoms with Crippen LogP contribution >= 0.6 is 0 Å². The zero-order valence-electron chi connectivity index (χ0n) is 7.67. The van der Waals surface area contributed by atoms with Crippen molar-refractivity contribution in [2.45, 2.75) is 33.2 Å². The quantitative estimate of drug-likeness (QED) is 0.684. The highest BCUT2D eigenvalue weighted by molar-refractivity contribution is 7.85. The van der Waals surface area contributed by atoms with Gasteiger partial charge in [-0.2, -0.15) is 0 Å². The Morgan fingerprint density at radius 1 is 1.36 bits per heavy atom. The first-order valence-corrected chi connectivity index (χ1v) is 5.65. The topological polar surface area (TPSA) is 43.1 Å². The monoisotopic (exact) mass is 177 g/mol. The van der Waals surface area contributed by atoms with E-state index >= 15 is 0 Å². The number of nitrogens with two attached hydrogens (primary N) is 1. The van der Waals surface area contributed by atoms with Crippen molar-refractivity contribution in [3.8, 4) is 0 Å². The molecule has 0 amide bonds. The highest BCUT2D eigenvalue weighted by Gasteiger charge is 2.07. The predicted molar refractivity (Wildman–Crippen MR) is 51.0 cm³/mol. The van der Waals surface area contributed by atoms with Gasteiger partial charge in [-0.3, -0.25) is 4.21 Å². The fourth-order valence-electron chi connectivity index (χ4n) is 0.796. The van der Waals surface area contributed by atoms with Gasteiger partial charge in [-0.05, 0) is 12.8 Å². The summed E-state index contributed by atoms with van der Waals surface area (Å²) >= 11 is 0. The normalized spacial score (nSPS) is 19.3. The molecule has 0 aromatic carbocycles. The van der Waals surface area contributed by atoms with Crippen LogP contribution in [0.1, 0.15) is 27.2 Å². The van der Waals surface area contributed by atoms with Gasteiger partial charge in [-0.15, -0.1) is 0 Å². The third-order valence-corrected chi connectivity index (χ3v) is 3.45. The van der Waals surface area contributed by atoms with Crippen molar-refractivity contribution in [3.05, 3.63) is 0 Å². The van der Waals surface area contributed by atoms with Gasteiger partial charge in [0.05, 0.1) is 0 Å². The van der Waals surface area contributed by atoms with E-state index in [9.17, 15) is 4.21 Å². The van der Waals surface area contributed by atoms with Crippen LogP contribution in [0, 0.1) is 5.92 Å². The van der Waals surface area contributed by atoms with Crippen molar-refractivity contribution in [2.75, 3.05) is 11.5 Å². The number of hydrogen-bond donors (Lipinski definition) is 1. The molecule has 0 heterocycles. The van der Waals surface area contributed by atoms with E-state index in [-0.39, 0.29) is 6.04 Å². The smallest absolute Gasteiger partial charge is 0.0384 e. The third kappa shape index (κ3) is 6.51. The fourth-order valence-corrected chi connectivity index (χ4v) is 2.39. The van der Waals surface area contributed by atoms with Crippen molar-refractivity contribution in [1.29, 1.82) is 0 Å². The van der Waals surface area contributed by atoms with Crippen LogP contribution in [-0.2, 0) is 10.8 Å². The SMILES string of the molecule is CCC(C)CS(=O)CC(C)N. The van der Waals surface area contributed by atoms with Gasteiger partial charge in [0, 0.05) is 28.3 Å². The average molecular weight is 177 g/mol. The summed E-state index contributed by atoms with van der Waals surface area (Å²) in [4.78, 5) is 0. The number of hydrogen-bond acceptors (Lipinski definition) is 2. The minimum atomic E-state index is -0.705. The van der Waals surface area contributed by atoms with E-state index < -0.39 is 10.8 Å². The first-order valence-electron chi connectivity index (χ1n) is 4.16. The summed E-state index contributed by atoms with van der Waals surface area (Å²) in [5.41, 5.74) is 5.52. The van der Waals surface area contributed by atoms with Crippen molar-refractivity contribution in [1.82, 2.24) is 0 Å².